The summed E-state index contributed by atoms with van der Waals surface area (Å²) in [5.74, 6) is 0.860. The zero-order valence-corrected chi connectivity index (χ0v) is 14.2. The molecule has 1 aliphatic heterocycles. The fourth-order valence-corrected chi connectivity index (χ4v) is 3.80. The van der Waals surface area contributed by atoms with Crippen molar-refractivity contribution in [2.75, 3.05) is 18.4 Å². The van der Waals surface area contributed by atoms with Crippen molar-refractivity contribution in [1.29, 1.82) is 0 Å². The molecule has 1 saturated heterocycles. The maximum atomic E-state index is 12.5. The maximum absolute atomic E-state index is 12.5. The molecule has 0 saturated carbocycles. The summed E-state index contributed by atoms with van der Waals surface area (Å²) in [4.78, 5) is 26.2. The van der Waals surface area contributed by atoms with Crippen molar-refractivity contribution in [2.24, 2.45) is 0 Å². The Balaban J connectivity index is 1.47. The van der Waals surface area contributed by atoms with Gasteiger partial charge in [0.25, 0.3) is 5.91 Å². The minimum atomic E-state index is -0.213. The summed E-state index contributed by atoms with van der Waals surface area (Å²) in [6.07, 6.45) is 8.64. The van der Waals surface area contributed by atoms with Crippen LogP contribution < -0.4 is 10.6 Å². The van der Waals surface area contributed by atoms with Crippen LogP contribution >= 0.6 is 11.3 Å². The smallest absolute Gasteiger partial charge is 0.257 e. The van der Waals surface area contributed by atoms with E-state index in [1.54, 1.807) is 29.7 Å². The topological polar surface area (TPSA) is 97.6 Å². The van der Waals surface area contributed by atoms with Gasteiger partial charge in [0.05, 0.1) is 0 Å². The summed E-state index contributed by atoms with van der Waals surface area (Å²) >= 11 is 1.55. The van der Waals surface area contributed by atoms with E-state index in [0.717, 1.165) is 25.9 Å². The van der Waals surface area contributed by atoms with E-state index < -0.39 is 0 Å². The zero-order chi connectivity index (χ0) is 17.1. The van der Waals surface area contributed by atoms with Crippen molar-refractivity contribution in [1.82, 2.24) is 30.0 Å². The highest BCUT2D eigenvalue weighted by atomic mass is 32.1. The minimum absolute atomic E-state index is 0.213. The van der Waals surface area contributed by atoms with Gasteiger partial charge in [-0.3, -0.25) is 10.1 Å². The molecule has 0 aliphatic carbocycles. The van der Waals surface area contributed by atoms with Gasteiger partial charge in [-0.05, 0) is 44.0 Å². The van der Waals surface area contributed by atoms with E-state index >= 15 is 0 Å². The van der Waals surface area contributed by atoms with Gasteiger partial charge in [0, 0.05) is 22.8 Å². The first kappa shape index (κ1) is 15.9. The van der Waals surface area contributed by atoms with E-state index in [9.17, 15) is 4.79 Å². The lowest BCUT2D eigenvalue weighted by Crippen LogP contribution is -2.26. The Labute approximate surface area is 148 Å². The van der Waals surface area contributed by atoms with Crippen molar-refractivity contribution in [2.45, 2.75) is 18.8 Å². The molecule has 0 aromatic carbocycles. The number of thiazole rings is 1. The fraction of sp³-hybridized carbons (Fsp3) is 0.312. The first-order valence-electron chi connectivity index (χ1n) is 8.08. The Morgan fingerprint density at radius 1 is 1.32 bits per heavy atom. The normalized spacial score (nSPS) is 15.2. The Kier molecular flexibility index (Phi) is 4.49. The molecule has 25 heavy (non-hydrogen) atoms. The number of piperidine rings is 1. The number of pyridine rings is 1. The van der Waals surface area contributed by atoms with Crippen LogP contribution in [-0.2, 0) is 0 Å². The van der Waals surface area contributed by atoms with Crippen LogP contribution in [0.4, 0.5) is 5.13 Å². The number of carbonyl (C=O) groups is 1. The molecule has 3 aromatic heterocycles. The molecule has 2 N–H and O–H groups in total. The summed E-state index contributed by atoms with van der Waals surface area (Å²) in [6.45, 7) is 2.07. The van der Waals surface area contributed by atoms with Gasteiger partial charge < -0.3 is 5.32 Å². The van der Waals surface area contributed by atoms with Crippen LogP contribution in [0.3, 0.4) is 0 Å². The van der Waals surface area contributed by atoms with E-state index in [2.05, 4.69) is 30.7 Å². The number of rotatable bonds is 4. The molecule has 4 heterocycles. The largest absolute Gasteiger partial charge is 0.317 e. The number of nitrogens with zero attached hydrogens (tertiary/aromatic N) is 5. The molecular formula is C16H17N7OS. The first-order valence-corrected chi connectivity index (χ1v) is 8.90. The first-order chi connectivity index (χ1) is 12.3. The molecule has 0 spiro atoms. The molecule has 0 bridgehead atoms. The van der Waals surface area contributed by atoms with Crippen molar-refractivity contribution in [3.8, 4) is 5.82 Å². The quantitative estimate of drug-likeness (QED) is 0.741. The fourth-order valence-electron chi connectivity index (χ4n) is 2.82. The lowest BCUT2D eigenvalue weighted by Gasteiger charge is -2.20. The molecule has 1 amide bonds. The van der Waals surface area contributed by atoms with Gasteiger partial charge in [-0.1, -0.05) is 0 Å². The van der Waals surface area contributed by atoms with Gasteiger partial charge in [-0.2, -0.15) is 5.10 Å². The Bertz CT molecular complexity index is 855. The average Bonchev–Trinajstić information content (AvgIpc) is 3.35. The number of nitrogens with one attached hydrogen (secondary N) is 2. The number of carbonyl (C=O) groups excluding carboxylic acids is 1. The molecular weight excluding hydrogens is 338 g/mol. The molecule has 0 atom stereocenters. The van der Waals surface area contributed by atoms with Crippen molar-refractivity contribution in [3.05, 3.63) is 47.6 Å². The Hall–Kier alpha value is -2.65. The van der Waals surface area contributed by atoms with Gasteiger partial charge in [0.1, 0.15) is 12.7 Å². The highest BCUT2D eigenvalue weighted by Gasteiger charge is 2.18. The van der Waals surface area contributed by atoms with Crippen LogP contribution in [0.25, 0.3) is 5.82 Å². The highest BCUT2D eigenvalue weighted by Crippen LogP contribution is 2.31. The Morgan fingerprint density at radius 2 is 2.20 bits per heavy atom. The third-order valence-corrected chi connectivity index (χ3v) is 5.22. The molecule has 1 aliphatic rings. The lowest BCUT2D eigenvalue weighted by atomic mass is 9.97. The predicted octanol–water partition coefficient (Wildman–Crippen LogP) is 1.84. The number of amides is 1. The van der Waals surface area contributed by atoms with Gasteiger partial charge in [0.15, 0.2) is 10.9 Å². The number of hydrogen-bond acceptors (Lipinski definition) is 7. The maximum Gasteiger partial charge on any atom is 0.257 e. The van der Waals surface area contributed by atoms with Crippen molar-refractivity contribution < 1.29 is 4.79 Å². The van der Waals surface area contributed by atoms with Gasteiger partial charge >= 0.3 is 0 Å². The summed E-state index contributed by atoms with van der Waals surface area (Å²) in [5, 5.41) is 10.9. The second-order valence-electron chi connectivity index (χ2n) is 5.79. The monoisotopic (exact) mass is 355 g/mol. The van der Waals surface area contributed by atoms with E-state index in [-0.39, 0.29) is 5.91 Å². The molecule has 0 radical (unpaired) electrons. The van der Waals surface area contributed by atoms with E-state index in [4.69, 9.17) is 0 Å². The van der Waals surface area contributed by atoms with E-state index in [0.29, 0.717) is 22.4 Å². The van der Waals surface area contributed by atoms with E-state index in [1.807, 2.05) is 6.20 Å². The summed E-state index contributed by atoms with van der Waals surface area (Å²) in [6, 6.07) is 3.34. The molecule has 1 fully saturated rings. The summed E-state index contributed by atoms with van der Waals surface area (Å²) < 4.78 is 1.51. The average molecular weight is 355 g/mol. The van der Waals surface area contributed by atoms with Crippen LogP contribution in [0.1, 0.15) is 34.0 Å². The van der Waals surface area contributed by atoms with Crippen molar-refractivity contribution >= 4 is 22.4 Å². The zero-order valence-electron chi connectivity index (χ0n) is 13.4. The number of aromatic nitrogens is 5. The molecule has 0 unspecified atom stereocenters. The third-order valence-electron chi connectivity index (χ3n) is 4.15. The SMILES string of the molecule is O=C(Nc1ncc(C2CCNCC2)s1)c1ccnc(-n2cncn2)c1. The number of hydrogen-bond donors (Lipinski definition) is 2. The van der Waals surface area contributed by atoms with Gasteiger partial charge in [-0.25, -0.2) is 19.6 Å². The summed E-state index contributed by atoms with van der Waals surface area (Å²) in [5.41, 5.74) is 0.499. The van der Waals surface area contributed by atoms with Crippen LogP contribution in [0, 0.1) is 0 Å². The Morgan fingerprint density at radius 3 is 3.00 bits per heavy atom. The summed E-state index contributed by atoms with van der Waals surface area (Å²) in [7, 11) is 0. The van der Waals surface area contributed by atoms with E-state index in [1.165, 1.54) is 22.2 Å². The molecule has 128 valence electrons. The highest BCUT2D eigenvalue weighted by molar-refractivity contribution is 7.15. The van der Waals surface area contributed by atoms with Crippen LogP contribution in [0.2, 0.25) is 0 Å². The second kappa shape index (κ2) is 7.08. The molecule has 9 heteroatoms. The lowest BCUT2D eigenvalue weighted by molar-refractivity contribution is 0.102. The van der Waals surface area contributed by atoms with Gasteiger partial charge in [-0.15, -0.1) is 11.3 Å². The van der Waals surface area contributed by atoms with Crippen LogP contribution in [0.5, 0.6) is 0 Å². The second-order valence-corrected chi connectivity index (χ2v) is 6.85. The molecule has 8 nitrogen and oxygen atoms in total. The number of anilines is 1. The third kappa shape index (κ3) is 3.57. The molecule has 4 rings (SSSR count). The van der Waals surface area contributed by atoms with Crippen LogP contribution in [0.15, 0.2) is 37.2 Å². The standard InChI is InChI=1S/C16H17N7OS/c24-15(12-3-6-19-14(7-12)23-10-18-9-21-23)22-16-20-8-13(25-16)11-1-4-17-5-2-11/h3,6-11,17H,1-2,4-5H2,(H,20,22,24). The van der Waals surface area contributed by atoms with Crippen molar-refractivity contribution in [3.63, 3.8) is 0 Å². The minimum Gasteiger partial charge on any atom is -0.317 e. The predicted molar refractivity (Wildman–Crippen MR) is 94.1 cm³/mol. The van der Waals surface area contributed by atoms with Gasteiger partial charge in [0.2, 0.25) is 0 Å². The van der Waals surface area contributed by atoms with Crippen LogP contribution in [-0.4, -0.2) is 43.7 Å². The molecule has 3 aromatic rings.